The standard InChI is InChI=1S/C22H26ClNO3S/c1-22(2,3)18-8-4-16(5-9-18)14-24(20-12-13-28(26,27)15-20)21(25)17-6-10-19(23)11-7-17/h4-11,20H,12-15H2,1-3H3/t20-/m0/s1. The Kier molecular flexibility index (Phi) is 5.87. The van der Waals surface area contributed by atoms with Gasteiger partial charge in [-0.05, 0) is 47.2 Å². The Morgan fingerprint density at radius 1 is 1.07 bits per heavy atom. The van der Waals surface area contributed by atoms with Gasteiger partial charge in [-0.3, -0.25) is 4.79 Å². The van der Waals surface area contributed by atoms with Crippen LogP contribution in [0.5, 0.6) is 0 Å². The van der Waals surface area contributed by atoms with Crippen molar-refractivity contribution in [3.8, 4) is 0 Å². The van der Waals surface area contributed by atoms with E-state index in [-0.39, 0.29) is 28.9 Å². The summed E-state index contributed by atoms with van der Waals surface area (Å²) in [6.07, 6.45) is 0.474. The molecule has 0 aliphatic carbocycles. The summed E-state index contributed by atoms with van der Waals surface area (Å²) < 4.78 is 24.0. The van der Waals surface area contributed by atoms with E-state index >= 15 is 0 Å². The monoisotopic (exact) mass is 419 g/mol. The predicted octanol–water partition coefficient (Wildman–Crippen LogP) is 4.47. The summed E-state index contributed by atoms with van der Waals surface area (Å²) in [5.41, 5.74) is 2.77. The fraction of sp³-hybridized carbons (Fsp3) is 0.409. The van der Waals surface area contributed by atoms with Crippen molar-refractivity contribution < 1.29 is 13.2 Å². The Hall–Kier alpha value is -1.85. The highest BCUT2D eigenvalue weighted by molar-refractivity contribution is 7.91. The molecule has 150 valence electrons. The van der Waals surface area contributed by atoms with Gasteiger partial charge in [0.25, 0.3) is 5.91 Å². The number of sulfone groups is 1. The van der Waals surface area contributed by atoms with Crippen LogP contribution in [0.15, 0.2) is 48.5 Å². The molecule has 1 aliphatic heterocycles. The first-order valence-electron chi connectivity index (χ1n) is 9.41. The topological polar surface area (TPSA) is 54.5 Å². The van der Waals surface area contributed by atoms with Crippen molar-refractivity contribution in [2.75, 3.05) is 11.5 Å². The van der Waals surface area contributed by atoms with E-state index in [9.17, 15) is 13.2 Å². The van der Waals surface area contributed by atoms with Crippen LogP contribution in [0, 0.1) is 0 Å². The van der Waals surface area contributed by atoms with E-state index in [1.54, 1.807) is 29.2 Å². The summed E-state index contributed by atoms with van der Waals surface area (Å²) in [6.45, 7) is 6.84. The molecule has 0 bridgehead atoms. The highest BCUT2D eigenvalue weighted by Gasteiger charge is 2.35. The first-order valence-corrected chi connectivity index (χ1v) is 11.6. The molecule has 1 amide bonds. The molecule has 28 heavy (non-hydrogen) atoms. The van der Waals surface area contributed by atoms with E-state index < -0.39 is 9.84 Å². The van der Waals surface area contributed by atoms with Crippen molar-refractivity contribution >= 4 is 27.3 Å². The third kappa shape index (κ3) is 4.95. The van der Waals surface area contributed by atoms with Gasteiger partial charge in [0.1, 0.15) is 0 Å². The normalized spacial score (nSPS) is 18.8. The van der Waals surface area contributed by atoms with Gasteiger partial charge in [0.05, 0.1) is 11.5 Å². The molecular weight excluding hydrogens is 394 g/mol. The molecule has 1 aliphatic rings. The van der Waals surface area contributed by atoms with Gasteiger partial charge in [0, 0.05) is 23.2 Å². The second-order valence-corrected chi connectivity index (χ2v) is 11.1. The maximum absolute atomic E-state index is 13.2. The maximum atomic E-state index is 13.2. The summed E-state index contributed by atoms with van der Waals surface area (Å²) in [5, 5.41) is 0.560. The molecule has 1 saturated heterocycles. The summed E-state index contributed by atoms with van der Waals surface area (Å²) in [4.78, 5) is 14.9. The first-order chi connectivity index (χ1) is 13.0. The van der Waals surface area contributed by atoms with Crippen LogP contribution in [-0.4, -0.2) is 36.8 Å². The van der Waals surface area contributed by atoms with Gasteiger partial charge in [0.15, 0.2) is 9.84 Å². The summed E-state index contributed by atoms with van der Waals surface area (Å²) in [6, 6.07) is 14.6. The van der Waals surface area contributed by atoms with Crippen LogP contribution in [0.25, 0.3) is 0 Å². The van der Waals surface area contributed by atoms with Crippen molar-refractivity contribution in [1.29, 1.82) is 0 Å². The van der Waals surface area contributed by atoms with Crippen LogP contribution < -0.4 is 0 Å². The summed E-state index contributed by atoms with van der Waals surface area (Å²) in [5.74, 6) is -0.0177. The van der Waals surface area contributed by atoms with Gasteiger partial charge >= 0.3 is 0 Å². The molecule has 4 nitrogen and oxygen atoms in total. The minimum Gasteiger partial charge on any atom is -0.330 e. The molecule has 3 rings (SSSR count). The summed E-state index contributed by atoms with van der Waals surface area (Å²) in [7, 11) is -3.10. The second-order valence-electron chi connectivity index (χ2n) is 8.44. The van der Waals surface area contributed by atoms with Gasteiger partial charge < -0.3 is 4.90 Å². The largest absolute Gasteiger partial charge is 0.330 e. The molecule has 1 fully saturated rings. The Balaban J connectivity index is 1.88. The SMILES string of the molecule is CC(C)(C)c1ccc(CN(C(=O)c2ccc(Cl)cc2)[C@H]2CCS(=O)(=O)C2)cc1. The van der Waals surface area contributed by atoms with Gasteiger partial charge in [-0.1, -0.05) is 56.6 Å². The number of carbonyl (C=O) groups is 1. The second kappa shape index (κ2) is 7.88. The zero-order chi connectivity index (χ0) is 20.5. The highest BCUT2D eigenvalue weighted by atomic mass is 35.5. The number of carbonyl (C=O) groups excluding carboxylic acids is 1. The van der Waals surface area contributed by atoms with E-state index in [0.717, 1.165) is 5.56 Å². The number of rotatable bonds is 4. The number of nitrogens with zero attached hydrogens (tertiary/aromatic N) is 1. The molecule has 2 aromatic rings. The highest BCUT2D eigenvalue weighted by Crippen LogP contribution is 2.25. The van der Waals surface area contributed by atoms with Crippen molar-refractivity contribution in [3.05, 3.63) is 70.2 Å². The third-order valence-corrected chi connectivity index (χ3v) is 7.18. The van der Waals surface area contributed by atoms with Crippen LogP contribution in [-0.2, 0) is 21.8 Å². The molecule has 6 heteroatoms. The minimum atomic E-state index is -3.10. The fourth-order valence-corrected chi connectivity index (χ4v) is 5.31. The molecule has 1 heterocycles. The molecule has 1 atom stereocenters. The Morgan fingerprint density at radius 2 is 1.68 bits per heavy atom. The Morgan fingerprint density at radius 3 is 2.18 bits per heavy atom. The molecular formula is C22H26ClNO3S. The molecule has 2 aromatic carbocycles. The van der Waals surface area contributed by atoms with E-state index in [2.05, 4.69) is 32.9 Å². The number of benzene rings is 2. The van der Waals surface area contributed by atoms with Crippen LogP contribution in [0.1, 0.15) is 48.7 Å². The average Bonchev–Trinajstić information content (AvgIpc) is 2.99. The fourth-order valence-electron chi connectivity index (χ4n) is 3.45. The van der Waals surface area contributed by atoms with E-state index in [1.165, 1.54) is 5.56 Å². The average molecular weight is 420 g/mol. The summed E-state index contributed by atoms with van der Waals surface area (Å²) >= 11 is 5.94. The number of hydrogen-bond acceptors (Lipinski definition) is 3. The van der Waals surface area contributed by atoms with E-state index in [0.29, 0.717) is 23.6 Å². The Labute approximate surface area is 172 Å². The lowest BCUT2D eigenvalue weighted by Crippen LogP contribution is -2.40. The van der Waals surface area contributed by atoms with Gasteiger partial charge in [0.2, 0.25) is 0 Å². The van der Waals surface area contributed by atoms with Crippen LogP contribution in [0.2, 0.25) is 5.02 Å². The van der Waals surface area contributed by atoms with Crippen molar-refractivity contribution in [2.24, 2.45) is 0 Å². The first kappa shape index (κ1) is 20.9. The number of hydrogen-bond donors (Lipinski definition) is 0. The van der Waals surface area contributed by atoms with Crippen LogP contribution in [0.3, 0.4) is 0 Å². The molecule has 0 spiro atoms. The van der Waals surface area contributed by atoms with Gasteiger partial charge in [-0.2, -0.15) is 0 Å². The molecule has 0 saturated carbocycles. The lowest BCUT2D eigenvalue weighted by atomic mass is 9.86. The number of amides is 1. The van der Waals surface area contributed by atoms with Crippen molar-refractivity contribution in [3.63, 3.8) is 0 Å². The van der Waals surface area contributed by atoms with Crippen LogP contribution in [0.4, 0.5) is 0 Å². The quantitative estimate of drug-likeness (QED) is 0.734. The predicted molar refractivity (Wildman–Crippen MR) is 114 cm³/mol. The van der Waals surface area contributed by atoms with Crippen molar-refractivity contribution in [1.82, 2.24) is 4.90 Å². The third-order valence-electron chi connectivity index (χ3n) is 5.17. The number of halogens is 1. The lowest BCUT2D eigenvalue weighted by molar-refractivity contribution is 0.0681. The zero-order valence-corrected chi connectivity index (χ0v) is 18.1. The van der Waals surface area contributed by atoms with Gasteiger partial charge in [-0.15, -0.1) is 0 Å². The molecule has 0 radical (unpaired) electrons. The van der Waals surface area contributed by atoms with Gasteiger partial charge in [-0.25, -0.2) is 8.42 Å². The van der Waals surface area contributed by atoms with Crippen molar-refractivity contribution in [2.45, 2.75) is 45.2 Å². The molecule has 0 N–H and O–H groups in total. The zero-order valence-electron chi connectivity index (χ0n) is 16.5. The maximum Gasteiger partial charge on any atom is 0.254 e. The molecule has 0 aromatic heterocycles. The molecule has 0 unspecified atom stereocenters. The Bertz CT molecular complexity index is 945. The van der Waals surface area contributed by atoms with E-state index in [4.69, 9.17) is 11.6 Å². The van der Waals surface area contributed by atoms with Crippen LogP contribution >= 0.6 is 11.6 Å². The lowest BCUT2D eigenvalue weighted by Gasteiger charge is -2.29. The minimum absolute atomic E-state index is 0.0202. The van der Waals surface area contributed by atoms with E-state index in [1.807, 2.05) is 12.1 Å². The smallest absolute Gasteiger partial charge is 0.254 e.